The molecule has 4 aromatic rings. The van der Waals surface area contributed by atoms with Crippen LogP contribution in [0.1, 0.15) is 10.4 Å². The minimum atomic E-state index is -0.623. The van der Waals surface area contributed by atoms with Crippen molar-refractivity contribution >= 4 is 27.7 Å². The SMILES string of the molecule is O=C(Oc1ccc2c(c1)oc(=O)c1ccccc12)c1ccc(F)cc1. The van der Waals surface area contributed by atoms with Gasteiger partial charge in [0.1, 0.15) is 17.1 Å². The fourth-order valence-corrected chi connectivity index (χ4v) is 2.68. The quantitative estimate of drug-likeness (QED) is 0.237. The fraction of sp³-hybridized carbons (Fsp3) is 0. The lowest BCUT2D eigenvalue weighted by Gasteiger charge is -2.06. The van der Waals surface area contributed by atoms with Crippen LogP contribution in [-0.2, 0) is 0 Å². The average molecular weight is 334 g/mol. The van der Waals surface area contributed by atoms with E-state index >= 15 is 0 Å². The van der Waals surface area contributed by atoms with E-state index in [0.29, 0.717) is 11.0 Å². The van der Waals surface area contributed by atoms with Gasteiger partial charge in [-0.3, -0.25) is 0 Å². The molecule has 0 unspecified atom stereocenters. The highest BCUT2D eigenvalue weighted by molar-refractivity contribution is 6.04. The van der Waals surface area contributed by atoms with Crippen molar-refractivity contribution in [1.29, 1.82) is 0 Å². The maximum Gasteiger partial charge on any atom is 0.344 e. The van der Waals surface area contributed by atoms with E-state index in [-0.39, 0.29) is 11.3 Å². The summed E-state index contributed by atoms with van der Waals surface area (Å²) in [6, 6.07) is 17.0. The summed E-state index contributed by atoms with van der Waals surface area (Å²) in [6.45, 7) is 0. The van der Waals surface area contributed by atoms with Crippen molar-refractivity contribution in [2.75, 3.05) is 0 Å². The van der Waals surface area contributed by atoms with Crippen molar-refractivity contribution < 1.29 is 18.3 Å². The Bertz CT molecular complexity index is 1160. The molecule has 0 aliphatic carbocycles. The summed E-state index contributed by atoms with van der Waals surface area (Å²) < 4.78 is 23.5. The number of carbonyl (C=O) groups is 1. The Labute approximate surface area is 141 Å². The van der Waals surface area contributed by atoms with Crippen LogP contribution in [0.2, 0.25) is 0 Å². The zero-order chi connectivity index (χ0) is 17.4. The minimum Gasteiger partial charge on any atom is -0.423 e. The molecule has 3 aromatic carbocycles. The van der Waals surface area contributed by atoms with Crippen molar-refractivity contribution in [3.05, 3.63) is 88.5 Å². The monoisotopic (exact) mass is 334 g/mol. The third-order valence-electron chi connectivity index (χ3n) is 3.88. The highest BCUT2D eigenvalue weighted by Gasteiger charge is 2.12. The van der Waals surface area contributed by atoms with E-state index in [2.05, 4.69) is 0 Å². The van der Waals surface area contributed by atoms with Gasteiger partial charge in [-0.05, 0) is 47.9 Å². The Balaban J connectivity index is 1.74. The molecule has 0 bridgehead atoms. The van der Waals surface area contributed by atoms with Crippen LogP contribution in [0.3, 0.4) is 0 Å². The molecule has 4 rings (SSSR count). The molecule has 0 aliphatic rings. The Hall–Kier alpha value is -3.47. The van der Waals surface area contributed by atoms with Gasteiger partial charge in [-0.1, -0.05) is 18.2 Å². The second-order valence-corrected chi connectivity index (χ2v) is 5.49. The molecule has 1 aromatic heterocycles. The third-order valence-corrected chi connectivity index (χ3v) is 3.88. The largest absolute Gasteiger partial charge is 0.423 e. The molecule has 1 heterocycles. The van der Waals surface area contributed by atoms with Gasteiger partial charge < -0.3 is 9.15 Å². The van der Waals surface area contributed by atoms with E-state index in [1.807, 2.05) is 12.1 Å². The zero-order valence-electron chi connectivity index (χ0n) is 12.9. The molecule has 0 atom stereocenters. The van der Waals surface area contributed by atoms with Gasteiger partial charge in [-0.25, -0.2) is 14.0 Å². The molecule has 0 aliphatic heterocycles. The summed E-state index contributed by atoms with van der Waals surface area (Å²) in [4.78, 5) is 24.2. The average Bonchev–Trinajstić information content (AvgIpc) is 2.62. The van der Waals surface area contributed by atoms with Gasteiger partial charge >= 0.3 is 11.6 Å². The van der Waals surface area contributed by atoms with Crippen LogP contribution in [0.4, 0.5) is 4.39 Å². The fourth-order valence-electron chi connectivity index (χ4n) is 2.68. The number of halogens is 1. The van der Waals surface area contributed by atoms with Gasteiger partial charge in [-0.15, -0.1) is 0 Å². The lowest BCUT2D eigenvalue weighted by molar-refractivity contribution is 0.0735. The second kappa shape index (κ2) is 5.87. The van der Waals surface area contributed by atoms with E-state index < -0.39 is 17.4 Å². The Morgan fingerprint density at radius 3 is 2.36 bits per heavy atom. The molecule has 0 N–H and O–H groups in total. The van der Waals surface area contributed by atoms with E-state index in [1.165, 1.54) is 30.3 Å². The number of carbonyl (C=O) groups excluding carboxylic acids is 1. The smallest absolute Gasteiger partial charge is 0.344 e. The third kappa shape index (κ3) is 2.76. The highest BCUT2D eigenvalue weighted by Crippen LogP contribution is 2.26. The molecule has 25 heavy (non-hydrogen) atoms. The second-order valence-electron chi connectivity index (χ2n) is 5.49. The first-order chi connectivity index (χ1) is 12.1. The Morgan fingerprint density at radius 2 is 1.60 bits per heavy atom. The topological polar surface area (TPSA) is 56.5 Å². The molecule has 0 spiro atoms. The number of benzene rings is 3. The normalized spacial score (nSPS) is 10.9. The van der Waals surface area contributed by atoms with Gasteiger partial charge in [0, 0.05) is 11.5 Å². The van der Waals surface area contributed by atoms with Gasteiger partial charge in [0.25, 0.3) is 0 Å². The summed E-state index contributed by atoms with van der Waals surface area (Å²) in [5.74, 6) is -0.821. The zero-order valence-corrected chi connectivity index (χ0v) is 12.9. The molecular weight excluding hydrogens is 323 g/mol. The lowest BCUT2D eigenvalue weighted by atomic mass is 10.1. The van der Waals surface area contributed by atoms with Crippen molar-refractivity contribution in [1.82, 2.24) is 0 Å². The molecule has 0 amide bonds. The van der Waals surface area contributed by atoms with Crippen LogP contribution in [0.25, 0.3) is 21.7 Å². The van der Waals surface area contributed by atoms with Crippen LogP contribution in [0.15, 0.2) is 75.9 Å². The maximum atomic E-state index is 12.9. The molecule has 0 saturated heterocycles. The molecule has 0 radical (unpaired) electrons. The van der Waals surface area contributed by atoms with Crippen LogP contribution in [-0.4, -0.2) is 5.97 Å². The summed E-state index contributed by atoms with van der Waals surface area (Å²) in [6.07, 6.45) is 0. The van der Waals surface area contributed by atoms with Gasteiger partial charge in [0.2, 0.25) is 0 Å². The summed E-state index contributed by atoms with van der Waals surface area (Å²) in [5, 5.41) is 2.01. The number of hydrogen-bond donors (Lipinski definition) is 0. The minimum absolute atomic E-state index is 0.224. The predicted molar refractivity (Wildman–Crippen MR) is 91.3 cm³/mol. The van der Waals surface area contributed by atoms with Crippen LogP contribution < -0.4 is 10.4 Å². The molecule has 0 saturated carbocycles. The van der Waals surface area contributed by atoms with Crippen molar-refractivity contribution in [2.45, 2.75) is 0 Å². The highest BCUT2D eigenvalue weighted by atomic mass is 19.1. The van der Waals surface area contributed by atoms with E-state index in [1.54, 1.807) is 24.3 Å². The van der Waals surface area contributed by atoms with Gasteiger partial charge in [0.15, 0.2) is 0 Å². The standard InChI is InChI=1S/C20H11FO4/c21-13-7-5-12(6-8-13)19(22)24-14-9-10-16-15-3-1-2-4-17(15)20(23)25-18(16)11-14/h1-11H. The first-order valence-corrected chi connectivity index (χ1v) is 7.55. The first kappa shape index (κ1) is 15.1. The Kier molecular flexibility index (Phi) is 3.54. The number of ether oxygens (including phenoxy) is 1. The summed E-state index contributed by atoms with van der Waals surface area (Å²) in [7, 11) is 0. The number of fused-ring (bicyclic) bond motifs is 3. The summed E-state index contributed by atoms with van der Waals surface area (Å²) in [5.41, 5.74) is 0.0969. The number of esters is 1. The lowest BCUT2D eigenvalue weighted by Crippen LogP contribution is -2.08. The van der Waals surface area contributed by atoms with E-state index in [9.17, 15) is 14.0 Å². The van der Waals surface area contributed by atoms with Crippen molar-refractivity contribution in [3.8, 4) is 5.75 Å². The molecular formula is C20H11FO4. The van der Waals surface area contributed by atoms with Crippen molar-refractivity contribution in [3.63, 3.8) is 0 Å². The molecule has 122 valence electrons. The maximum absolute atomic E-state index is 12.9. The predicted octanol–water partition coefficient (Wildman–Crippen LogP) is 4.30. The van der Waals surface area contributed by atoms with Crippen LogP contribution in [0.5, 0.6) is 5.75 Å². The number of hydrogen-bond acceptors (Lipinski definition) is 4. The van der Waals surface area contributed by atoms with Gasteiger partial charge in [0.05, 0.1) is 10.9 Å². The first-order valence-electron chi connectivity index (χ1n) is 7.55. The van der Waals surface area contributed by atoms with E-state index in [4.69, 9.17) is 9.15 Å². The van der Waals surface area contributed by atoms with Gasteiger partial charge in [-0.2, -0.15) is 0 Å². The van der Waals surface area contributed by atoms with Crippen molar-refractivity contribution in [2.24, 2.45) is 0 Å². The number of rotatable bonds is 2. The van der Waals surface area contributed by atoms with Crippen LogP contribution >= 0.6 is 0 Å². The Morgan fingerprint density at radius 1 is 0.880 bits per heavy atom. The molecule has 5 heteroatoms. The van der Waals surface area contributed by atoms with E-state index in [0.717, 1.165) is 10.8 Å². The van der Waals surface area contributed by atoms with Crippen LogP contribution in [0, 0.1) is 5.82 Å². The molecule has 0 fully saturated rings. The summed E-state index contributed by atoms with van der Waals surface area (Å²) >= 11 is 0. The molecule has 4 nitrogen and oxygen atoms in total.